The number of rotatable bonds is 4. The summed E-state index contributed by atoms with van der Waals surface area (Å²) in [6, 6.07) is 16.5. The van der Waals surface area contributed by atoms with Crippen molar-refractivity contribution in [3.8, 4) is 17.6 Å². The number of likely N-dealkylation sites (tertiary alicyclic amines) is 1. The van der Waals surface area contributed by atoms with Crippen LogP contribution in [0.25, 0.3) is 0 Å². The van der Waals surface area contributed by atoms with Gasteiger partial charge in [-0.3, -0.25) is 4.90 Å². The molecule has 2 aromatic rings. The summed E-state index contributed by atoms with van der Waals surface area (Å²) in [6.45, 7) is 1.11. The van der Waals surface area contributed by atoms with E-state index >= 15 is 0 Å². The molecule has 2 aromatic carbocycles. The zero-order chi connectivity index (χ0) is 22.2. The normalized spacial score (nSPS) is 19.7. The summed E-state index contributed by atoms with van der Waals surface area (Å²) < 4.78 is 15.5. The number of hydrogen-bond acceptors (Lipinski definition) is 6. The van der Waals surface area contributed by atoms with E-state index in [1.54, 1.807) is 38.5 Å². The third-order valence-electron chi connectivity index (χ3n) is 5.73. The van der Waals surface area contributed by atoms with Crippen LogP contribution < -0.4 is 9.47 Å². The van der Waals surface area contributed by atoms with Crippen LogP contribution >= 0.6 is 0 Å². The molecule has 2 aliphatic rings. The van der Waals surface area contributed by atoms with Crippen molar-refractivity contribution in [2.75, 3.05) is 27.8 Å². The highest BCUT2D eigenvalue weighted by molar-refractivity contribution is 5.90. The summed E-state index contributed by atoms with van der Waals surface area (Å²) in [5.41, 5.74) is 1.02. The maximum Gasteiger partial charge on any atom is 0.343 e. The van der Waals surface area contributed by atoms with Crippen LogP contribution in [0.4, 0.5) is 0 Å². The number of allylic oxidation sites excluding steroid dienone is 1. The minimum absolute atomic E-state index is 0.343. The second-order valence-electron chi connectivity index (χ2n) is 7.63. The molecule has 0 spiro atoms. The third-order valence-corrected chi connectivity index (χ3v) is 5.73. The predicted molar refractivity (Wildman–Crippen MR) is 118 cm³/mol. The number of esters is 1. The van der Waals surface area contributed by atoms with Crippen LogP contribution in [0.2, 0.25) is 0 Å². The summed E-state index contributed by atoms with van der Waals surface area (Å²) >= 11 is 0. The number of likely N-dealkylation sites (N-methyl/N-ethyl adjacent to an activating group) is 1. The molecule has 6 heteroatoms. The van der Waals surface area contributed by atoms with Gasteiger partial charge in [-0.05, 0) is 74.8 Å². The lowest BCUT2D eigenvalue weighted by molar-refractivity contribution is 0.0598. The predicted octanol–water partition coefficient (Wildman–Crippen LogP) is 4.42. The van der Waals surface area contributed by atoms with Gasteiger partial charge >= 0.3 is 5.97 Å². The van der Waals surface area contributed by atoms with Crippen LogP contribution in [0.5, 0.6) is 11.5 Å². The van der Waals surface area contributed by atoms with Gasteiger partial charge in [-0.2, -0.15) is 5.26 Å². The Kier molecular flexibility index (Phi) is 7.69. The fourth-order valence-electron chi connectivity index (χ4n) is 3.96. The van der Waals surface area contributed by atoms with E-state index in [9.17, 15) is 4.79 Å². The van der Waals surface area contributed by atoms with Crippen LogP contribution in [-0.2, 0) is 4.74 Å². The molecule has 0 N–H and O–H groups in total. The van der Waals surface area contributed by atoms with E-state index in [1.807, 2.05) is 30.3 Å². The molecule has 0 aromatic heterocycles. The maximum absolute atomic E-state index is 12.1. The van der Waals surface area contributed by atoms with Crippen molar-refractivity contribution < 1.29 is 19.0 Å². The van der Waals surface area contributed by atoms with Gasteiger partial charge in [-0.1, -0.05) is 12.1 Å². The Hall–Kier alpha value is -3.30. The number of benzene rings is 2. The van der Waals surface area contributed by atoms with Gasteiger partial charge in [-0.25, -0.2) is 4.79 Å². The Morgan fingerprint density at radius 1 is 1.03 bits per heavy atom. The van der Waals surface area contributed by atoms with Crippen molar-refractivity contribution in [2.45, 2.75) is 25.3 Å². The number of carbonyl (C=O) groups is 1. The number of hydrogen-bond donors (Lipinski definition) is 0. The molecule has 1 saturated heterocycles. The molecule has 0 bridgehead atoms. The van der Waals surface area contributed by atoms with Crippen LogP contribution in [0.3, 0.4) is 0 Å². The topological polar surface area (TPSA) is 71.8 Å². The minimum Gasteiger partial charge on any atom is -0.493 e. The highest BCUT2D eigenvalue weighted by atomic mass is 16.5. The van der Waals surface area contributed by atoms with Gasteiger partial charge in [0, 0.05) is 12.5 Å². The molecule has 0 amide bonds. The Labute approximate surface area is 183 Å². The lowest BCUT2D eigenvalue weighted by Crippen LogP contribution is -2.30. The lowest BCUT2D eigenvalue weighted by atomic mass is 9.89. The second-order valence-corrected chi connectivity index (χ2v) is 7.63. The first-order valence-electron chi connectivity index (χ1n) is 10.4. The molecular formula is C25H28N2O4. The molecular weight excluding hydrogens is 392 g/mol. The number of ether oxygens (including phenoxy) is 3. The van der Waals surface area contributed by atoms with E-state index in [-0.39, 0.29) is 5.97 Å². The summed E-state index contributed by atoms with van der Waals surface area (Å²) in [7, 11) is 5.36. The standard InChI is InChI=1S/C17H18N2O2.C8H10O2/c1-19-9-8-13-6-7-15(10-16(13)19)21-17(20)14-4-2-12(11-18)3-5-14;1-9-7-5-3-4-6-8(7)10-2/h2-5,10,13,16H,6-9H2,1H3;3-6H,1-2H3. The van der Waals surface area contributed by atoms with Gasteiger partial charge < -0.3 is 14.2 Å². The molecule has 2 unspecified atom stereocenters. The molecule has 1 aliphatic carbocycles. The maximum atomic E-state index is 12.1. The van der Waals surface area contributed by atoms with E-state index in [2.05, 4.69) is 18.0 Å². The van der Waals surface area contributed by atoms with Gasteiger partial charge in [0.2, 0.25) is 0 Å². The first-order valence-corrected chi connectivity index (χ1v) is 10.4. The van der Waals surface area contributed by atoms with Crippen molar-refractivity contribution >= 4 is 5.97 Å². The number of methoxy groups -OCH3 is 2. The van der Waals surface area contributed by atoms with E-state index in [0.29, 0.717) is 23.1 Å². The van der Waals surface area contributed by atoms with Gasteiger partial charge in [0.25, 0.3) is 0 Å². The Morgan fingerprint density at radius 3 is 2.26 bits per heavy atom. The van der Waals surface area contributed by atoms with Crippen molar-refractivity contribution in [1.82, 2.24) is 4.90 Å². The number of para-hydroxylation sites is 2. The van der Waals surface area contributed by atoms with Crippen LogP contribution in [0.1, 0.15) is 35.2 Å². The lowest BCUT2D eigenvalue weighted by Gasteiger charge is -2.27. The summed E-state index contributed by atoms with van der Waals surface area (Å²) in [5.74, 6) is 2.67. The Bertz CT molecular complexity index is 939. The fourth-order valence-corrected chi connectivity index (χ4v) is 3.96. The van der Waals surface area contributed by atoms with Gasteiger partial charge in [0.15, 0.2) is 11.5 Å². The Balaban J connectivity index is 0.000000229. The van der Waals surface area contributed by atoms with E-state index < -0.39 is 0 Å². The van der Waals surface area contributed by atoms with Crippen molar-refractivity contribution in [3.05, 3.63) is 71.5 Å². The highest BCUT2D eigenvalue weighted by Crippen LogP contribution is 2.34. The third kappa shape index (κ3) is 5.65. The zero-order valence-electron chi connectivity index (χ0n) is 18.2. The van der Waals surface area contributed by atoms with Crippen molar-refractivity contribution in [1.29, 1.82) is 5.26 Å². The Morgan fingerprint density at radius 2 is 1.68 bits per heavy atom. The molecule has 1 heterocycles. The summed E-state index contributed by atoms with van der Waals surface area (Å²) in [6.07, 6.45) is 5.25. The van der Waals surface area contributed by atoms with Gasteiger partial charge in [0.05, 0.1) is 31.4 Å². The molecule has 6 nitrogen and oxygen atoms in total. The molecule has 162 valence electrons. The number of fused-ring (bicyclic) bond motifs is 1. The molecule has 0 saturated carbocycles. The van der Waals surface area contributed by atoms with Crippen LogP contribution in [0, 0.1) is 17.2 Å². The minimum atomic E-state index is -0.343. The first-order chi connectivity index (χ1) is 15.0. The molecule has 0 radical (unpaired) electrons. The fraction of sp³-hybridized carbons (Fsp3) is 0.360. The quantitative estimate of drug-likeness (QED) is 0.682. The summed E-state index contributed by atoms with van der Waals surface area (Å²) in [4.78, 5) is 14.4. The molecule has 1 aliphatic heterocycles. The van der Waals surface area contributed by atoms with Crippen LogP contribution in [-0.4, -0.2) is 44.7 Å². The van der Waals surface area contributed by atoms with Gasteiger partial charge in [0.1, 0.15) is 5.76 Å². The van der Waals surface area contributed by atoms with Crippen molar-refractivity contribution in [2.24, 2.45) is 5.92 Å². The second kappa shape index (κ2) is 10.6. The monoisotopic (exact) mass is 420 g/mol. The molecule has 1 fully saturated rings. The van der Waals surface area contributed by atoms with Crippen LogP contribution in [0.15, 0.2) is 60.4 Å². The average Bonchev–Trinajstić information content (AvgIpc) is 3.19. The van der Waals surface area contributed by atoms with E-state index in [0.717, 1.165) is 36.6 Å². The smallest absolute Gasteiger partial charge is 0.343 e. The van der Waals surface area contributed by atoms with Crippen molar-refractivity contribution in [3.63, 3.8) is 0 Å². The largest absolute Gasteiger partial charge is 0.493 e. The summed E-state index contributed by atoms with van der Waals surface area (Å²) in [5, 5.41) is 8.76. The van der Waals surface area contributed by atoms with E-state index in [1.165, 1.54) is 6.42 Å². The van der Waals surface area contributed by atoms with E-state index in [4.69, 9.17) is 19.5 Å². The molecule has 4 rings (SSSR count). The SMILES string of the molecule is CN1CCC2CCC(OC(=O)c3ccc(C#N)cc3)=CC21.COc1ccccc1OC. The van der Waals surface area contributed by atoms with Gasteiger partial charge in [-0.15, -0.1) is 0 Å². The number of nitrogens with zero attached hydrogens (tertiary/aromatic N) is 2. The highest BCUT2D eigenvalue weighted by Gasteiger charge is 2.34. The average molecular weight is 421 g/mol. The molecule has 31 heavy (non-hydrogen) atoms. The number of nitriles is 1. The molecule has 2 atom stereocenters. The number of carbonyl (C=O) groups excluding carboxylic acids is 1. The zero-order valence-corrected chi connectivity index (χ0v) is 18.2. The first kappa shape index (κ1) is 22.4.